The van der Waals surface area contributed by atoms with Crippen molar-refractivity contribution >= 4 is 17.3 Å². The maximum Gasteiger partial charge on any atom is 0.166 e. The summed E-state index contributed by atoms with van der Waals surface area (Å²) in [5, 5.41) is 7.86. The Morgan fingerprint density at radius 1 is 1.14 bits per heavy atom. The van der Waals surface area contributed by atoms with Gasteiger partial charge in [0.2, 0.25) is 0 Å². The van der Waals surface area contributed by atoms with Gasteiger partial charge in [0.1, 0.15) is 0 Å². The molecule has 3 aliphatic rings. The molecule has 0 spiro atoms. The lowest BCUT2D eigenvalue weighted by molar-refractivity contribution is 0.260. The number of nitrogens with one attached hydrogen (secondary N) is 2. The largest absolute Gasteiger partial charge is 0.360 e. The van der Waals surface area contributed by atoms with Crippen molar-refractivity contribution in [2.75, 3.05) is 0 Å². The third-order valence-electron chi connectivity index (χ3n) is 5.84. The fourth-order valence-electron chi connectivity index (χ4n) is 5.27. The van der Waals surface area contributed by atoms with Crippen LogP contribution in [0.4, 0.5) is 0 Å². The second-order valence-electron chi connectivity index (χ2n) is 8.44. The Morgan fingerprint density at radius 3 is 2.68 bits per heavy atom. The highest BCUT2D eigenvalue weighted by Gasteiger charge is 2.55. The molecule has 0 amide bonds. The molecule has 3 aliphatic carbocycles. The topological polar surface area (TPSA) is 24.1 Å². The molecule has 2 nitrogen and oxygen atoms in total. The van der Waals surface area contributed by atoms with Gasteiger partial charge in [0.15, 0.2) is 5.11 Å². The molecule has 3 heteroatoms. The van der Waals surface area contributed by atoms with Crippen LogP contribution in [0.15, 0.2) is 24.3 Å². The zero-order chi connectivity index (χ0) is 15.5. The number of hydrogen-bond donors (Lipinski definition) is 2. The van der Waals surface area contributed by atoms with E-state index in [4.69, 9.17) is 12.2 Å². The fraction of sp³-hybridized carbons (Fsp3) is 0.632. The lowest BCUT2D eigenvalue weighted by Gasteiger charge is -2.34. The average Bonchev–Trinajstić information content (AvgIpc) is 3.04. The van der Waals surface area contributed by atoms with Gasteiger partial charge in [0.05, 0.1) is 0 Å². The molecule has 2 bridgehead atoms. The number of hydrogen-bond acceptors (Lipinski definition) is 1. The number of thiocarbonyl (C=S) groups is 1. The molecular formula is C19H26N2S. The van der Waals surface area contributed by atoms with Crippen molar-refractivity contribution in [3.05, 3.63) is 35.4 Å². The first-order valence-corrected chi connectivity index (χ1v) is 9.00. The highest BCUT2D eigenvalue weighted by molar-refractivity contribution is 7.80. The Bertz CT molecular complexity index is 604. The van der Waals surface area contributed by atoms with Crippen LogP contribution in [0.5, 0.6) is 0 Å². The summed E-state index contributed by atoms with van der Waals surface area (Å²) in [6.07, 6.45) is 3.95. The van der Waals surface area contributed by atoms with Crippen molar-refractivity contribution < 1.29 is 0 Å². The van der Waals surface area contributed by atoms with E-state index in [1.807, 2.05) is 0 Å². The van der Waals surface area contributed by atoms with Crippen LogP contribution in [-0.4, -0.2) is 16.7 Å². The van der Waals surface area contributed by atoms with E-state index in [1.165, 1.54) is 19.3 Å². The van der Waals surface area contributed by atoms with E-state index in [-0.39, 0.29) is 5.54 Å². The average molecular weight is 314 g/mol. The molecule has 118 valence electrons. The summed E-state index contributed by atoms with van der Waals surface area (Å²) < 4.78 is 0. The van der Waals surface area contributed by atoms with Crippen molar-refractivity contribution in [2.45, 2.75) is 57.5 Å². The highest BCUT2D eigenvalue weighted by atomic mass is 32.1. The first kappa shape index (κ1) is 14.5. The van der Waals surface area contributed by atoms with Crippen LogP contribution in [0.25, 0.3) is 0 Å². The predicted molar refractivity (Wildman–Crippen MR) is 95.0 cm³/mol. The minimum absolute atomic E-state index is 0.0355. The molecule has 22 heavy (non-hydrogen) atoms. The first-order valence-electron chi connectivity index (χ1n) is 8.59. The summed E-state index contributed by atoms with van der Waals surface area (Å²) >= 11 is 5.52. The smallest absolute Gasteiger partial charge is 0.166 e. The molecule has 1 aromatic rings. The van der Waals surface area contributed by atoms with Gasteiger partial charge in [-0.05, 0) is 87.1 Å². The van der Waals surface area contributed by atoms with Crippen molar-refractivity contribution in [3.8, 4) is 0 Å². The summed E-state index contributed by atoms with van der Waals surface area (Å²) in [6.45, 7) is 6.47. The molecule has 0 heterocycles. The van der Waals surface area contributed by atoms with Crippen LogP contribution in [-0.2, 0) is 6.42 Å². The Kier molecular flexibility index (Phi) is 3.26. The third-order valence-corrected chi connectivity index (χ3v) is 6.06. The standard InChI is InChI=1S/C19H26N2S/c1-19(2,3)21-18(22)20-16-10-12-9-14(16)15-8-11-6-4-5-7-13(11)17(12)15/h4-7,12,14-17H,8-10H2,1-3H3,(H2,20,21,22)/t12-,14-,15-,16+,17+/m1/s1. The zero-order valence-corrected chi connectivity index (χ0v) is 14.5. The second kappa shape index (κ2) is 4.95. The number of rotatable bonds is 1. The van der Waals surface area contributed by atoms with Crippen molar-refractivity contribution in [1.29, 1.82) is 0 Å². The third kappa shape index (κ3) is 2.34. The van der Waals surface area contributed by atoms with Crippen LogP contribution in [0, 0.1) is 17.8 Å². The highest BCUT2D eigenvalue weighted by Crippen LogP contribution is 2.61. The molecule has 0 aliphatic heterocycles. The Hall–Kier alpha value is -1.09. The maximum atomic E-state index is 5.52. The van der Waals surface area contributed by atoms with Crippen LogP contribution in [0.1, 0.15) is 50.7 Å². The van der Waals surface area contributed by atoms with Gasteiger partial charge < -0.3 is 10.6 Å². The molecular weight excluding hydrogens is 288 g/mol. The van der Waals surface area contributed by atoms with Gasteiger partial charge in [0, 0.05) is 11.6 Å². The molecule has 2 N–H and O–H groups in total. The minimum atomic E-state index is 0.0355. The SMILES string of the molecule is CC(C)(C)NC(=S)N[C@H]1C[C@H]2C[C@@H]1[C@H]1Cc3ccccc3[C@H]21. The summed E-state index contributed by atoms with van der Waals surface area (Å²) in [5.74, 6) is 3.31. The van der Waals surface area contributed by atoms with Crippen molar-refractivity contribution in [1.82, 2.24) is 10.6 Å². The maximum absolute atomic E-state index is 5.52. The predicted octanol–water partition coefficient (Wildman–Crippen LogP) is 3.61. The van der Waals surface area contributed by atoms with Gasteiger partial charge in [-0.1, -0.05) is 24.3 Å². The summed E-state index contributed by atoms with van der Waals surface area (Å²) in [5.41, 5.74) is 3.28. The number of fused-ring (bicyclic) bond motifs is 7. The van der Waals surface area contributed by atoms with E-state index in [0.29, 0.717) is 6.04 Å². The van der Waals surface area contributed by atoms with E-state index in [2.05, 4.69) is 55.7 Å². The molecule has 0 unspecified atom stereocenters. The Morgan fingerprint density at radius 2 is 1.91 bits per heavy atom. The molecule has 1 aromatic carbocycles. The van der Waals surface area contributed by atoms with Crippen LogP contribution >= 0.6 is 12.2 Å². The lowest BCUT2D eigenvalue weighted by Crippen LogP contribution is -2.51. The van der Waals surface area contributed by atoms with Crippen molar-refractivity contribution in [2.24, 2.45) is 17.8 Å². The number of benzene rings is 1. The van der Waals surface area contributed by atoms with E-state index in [9.17, 15) is 0 Å². The monoisotopic (exact) mass is 314 g/mol. The quantitative estimate of drug-likeness (QED) is 0.774. The molecule has 4 rings (SSSR count). The second-order valence-corrected chi connectivity index (χ2v) is 8.85. The van der Waals surface area contributed by atoms with Crippen LogP contribution < -0.4 is 10.6 Å². The Balaban J connectivity index is 1.47. The van der Waals surface area contributed by atoms with E-state index in [1.54, 1.807) is 11.1 Å². The molecule has 5 atom stereocenters. The van der Waals surface area contributed by atoms with Gasteiger partial charge in [-0.2, -0.15) is 0 Å². The summed E-state index contributed by atoms with van der Waals surface area (Å²) in [4.78, 5) is 0. The molecule has 2 fully saturated rings. The van der Waals surface area contributed by atoms with Gasteiger partial charge in [0.25, 0.3) is 0 Å². The summed E-state index contributed by atoms with van der Waals surface area (Å²) in [6, 6.07) is 9.68. The molecule has 2 saturated carbocycles. The van der Waals surface area contributed by atoms with Crippen LogP contribution in [0.2, 0.25) is 0 Å². The van der Waals surface area contributed by atoms with Gasteiger partial charge in [-0.15, -0.1) is 0 Å². The lowest BCUT2D eigenvalue weighted by atomic mass is 9.77. The van der Waals surface area contributed by atoms with Crippen molar-refractivity contribution in [3.63, 3.8) is 0 Å². The van der Waals surface area contributed by atoms with Gasteiger partial charge in [-0.3, -0.25) is 0 Å². The molecule has 0 saturated heterocycles. The van der Waals surface area contributed by atoms with E-state index >= 15 is 0 Å². The fourth-order valence-corrected chi connectivity index (χ4v) is 5.72. The van der Waals surface area contributed by atoms with E-state index < -0.39 is 0 Å². The zero-order valence-electron chi connectivity index (χ0n) is 13.7. The normalized spacial score (nSPS) is 35.1. The van der Waals surface area contributed by atoms with Gasteiger partial charge in [-0.25, -0.2) is 0 Å². The molecule has 0 radical (unpaired) electrons. The van der Waals surface area contributed by atoms with Gasteiger partial charge >= 0.3 is 0 Å². The van der Waals surface area contributed by atoms with E-state index in [0.717, 1.165) is 28.8 Å². The first-order chi connectivity index (χ1) is 10.4. The minimum Gasteiger partial charge on any atom is -0.360 e. The summed E-state index contributed by atoms with van der Waals surface area (Å²) in [7, 11) is 0. The molecule has 0 aromatic heterocycles. The Labute approximate surface area is 139 Å². The van der Waals surface area contributed by atoms with Crippen LogP contribution in [0.3, 0.4) is 0 Å².